The van der Waals surface area contributed by atoms with Gasteiger partial charge in [0, 0.05) is 6.54 Å². The highest BCUT2D eigenvalue weighted by Crippen LogP contribution is 2.28. The predicted octanol–water partition coefficient (Wildman–Crippen LogP) is 5.35. The summed E-state index contributed by atoms with van der Waals surface area (Å²) in [5.41, 5.74) is 0. The van der Waals surface area contributed by atoms with Gasteiger partial charge < -0.3 is 4.90 Å². The van der Waals surface area contributed by atoms with E-state index in [0.29, 0.717) is 0 Å². The normalized spacial score (nSPS) is 23.2. The topological polar surface area (TPSA) is 3.24 Å². The van der Waals surface area contributed by atoms with Crippen molar-refractivity contribution in [3.05, 3.63) is 0 Å². The molecule has 0 aromatic heterocycles. The van der Waals surface area contributed by atoms with E-state index in [4.69, 9.17) is 0 Å². The van der Waals surface area contributed by atoms with Crippen LogP contribution in [0.5, 0.6) is 0 Å². The molecule has 1 aliphatic carbocycles. The van der Waals surface area contributed by atoms with Crippen molar-refractivity contribution in [1.82, 2.24) is 4.90 Å². The van der Waals surface area contributed by atoms with Crippen molar-refractivity contribution in [2.45, 2.75) is 79.1 Å². The summed E-state index contributed by atoms with van der Waals surface area (Å²) in [4.78, 5) is 2.76. The standard InChI is InChI=1S/C16H31N.C2H6/c1-14(2)12-15-8-10-17(11-9-15)13-16-6-4-3-5-7-16;1-2/h14-16H,3-13H2,1-2H3;1-2H3. The van der Waals surface area contributed by atoms with Gasteiger partial charge in [-0.15, -0.1) is 0 Å². The first-order valence-corrected chi connectivity index (χ1v) is 8.96. The number of hydrogen-bond donors (Lipinski definition) is 0. The Labute approximate surface area is 122 Å². The molecule has 0 spiro atoms. The van der Waals surface area contributed by atoms with Crippen LogP contribution in [-0.2, 0) is 0 Å². The number of piperidine rings is 1. The Morgan fingerprint density at radius 1 is 0.842 bits per heavy atom. The van der Waals surface area contributed by atoms with Gasteiger partial charge in [0.15, 0.2) is 0 Å². The van der Waals surface area contributed by atoms with E-state index < -0.39 is 0 Å². The van der Waals surface area contributed by atoms with Gasteiger partial charge in [-0.25, -0.2) is 0 Å². The molecule has 0 atom stereocenters. The van der Waals surface area contributed by atoms with Gasteiger partial charge in [-0.1, -0.05) is 47.0 Å². The van der Waals surface area contributed by atoms with Crippen LogP contribution in [0.3, 0.4) is 0 Å². The second-order valence-corrected chi connectivity index (χ2v) is 6.88. The lowest BCUT2D eigenvalue weighted by molar-refractivity contribution is 0.137. The van der Waals surface area contributed by atoms with Crippen molar-refractivity contribution in [2.24, 2.45) is 17.8 Å². The number of nitrogens with zero attached hydrogens (tertiary/aromatic N) is 1. The van der Waals surface area contributed by atoms with Crippen molar-refractivity contribution in [2.75, 3.05) is 19.6 Å². The van der Waals surface area contributed by atoms with Crippen LogP contribution in [0.2, 0.25) is 0 Å². The highest BCUT2D eigenvalue weighted by molar-refractivity contribution is 4.76. The summed E-state index contributed by atoms with van der Waals surface area (Å²) in [5, 5.41) is 0. The van der Waals surface area contributed by atoms with Gasteiger partial charge >= 0.3 is 0 Å². The molecule has 2 rings (SSSR count). The Morgan fingerprint density at radius 2 is 1.42 bits per heavy atom. The quantitative estimate of drug-likeness (QED) is 0.663. The van der Waals surface area contributed by atoms with Gasteiger partial charge in [-0.05, 0) is 62.9 Å². The van der Waals surface area contributed by atoms with Crippen molar-refractivity contribution < 1.29 is 0 Å². The molecule has 0 N–H and O–H groups in total. The van der Waals surface area contributed by atoms with Crippen LogP contribution in [0.4, 0.5) is 0 Å². The van der Waals surface area contributed by atoms with E-state index in [-0.39, 0.29) is 0 Å². The maximum atomic E-state index is 2.76. The third kappa shape index (κ3) is 6.79. The summed E-state index contributed by atoms with van der Waals surface area (Å²) in [6.07, 6.45) is 11.9. The molecule has 1 heteroatoms. The van der Waals surface area contributed by atoms with Crippen molar-refractivity contribution >= 4 is 0 Å². The summed E-state index contributed by atoms with van der Waals surface area (Å²) in [5.74, 6) is 2.95. The second kappa shape index (κ2) is 9.80. The zero-order valence-corrected chi connectivity index (χ0v) is 14.0. The highest BCUT2D eigenvalue weighted by Gasteiger charge is 2.22. The van der Waals surface area contributed by atoms with Gasteiger partial charge in [-0.2, -0.15) is 0 Å². The van der Waals surface area contributed by atoms with Gasteiger partial charge in [0.25, 0.3) is 0 Å². The van der Waals surface area contributed by atoms with Crippen LogP contribution in [0.15, 0.2) is 0 Å². The Morgan fingerprint density at radius 3 is 1.95 bits per heavy atom. The van der Waals surface area contributed by atoms with E-state index >= 15 is 0 Å². The predicted molar refractivity (Wildman–Crippen MR) is 86.5 cm³/mol. The minimum Gasteiger partial charge on any atom is -0.303 e. The summed E-state index contributed by atoms with van der Waals surface area (Å²) in [7, 11) is 0. The molecule has 1 saturated carbocycles. The fourth-order valence-corrected chi connectivity index (χ4v) is 3.81. The summed E-state index contributed by atoms with van der Waals surface area (Å²) >= 11 is 0. The molecule has 1 nitrogen and oxygen atoms in total. The number of likely N-dealkylation sites (tertiary alicyclic amines) is 1. The molecular formula is C18H37N. The van der Waals surface area contributed by atoms with E-state index in [1.165, 1.54) is 71.0 Å². The molecule has 0 radical (unpaired) electrons. The molecule has 1 aliphatic heterocycles. The molecule has 114 valence electrons. The molecule has 0 bridgehead atoms. The first kappa shape index (κ1) is 17.0. The first-order valence-electron chi connectivity index (χ1n) is 8.96. The monoisotopic (exact) mass is 267 g/mol. The van der Waals surface area contributed by atoms with Crippen LogP contribution in [0.1, 0.15) is 79.1 Å². The zero-order chi connectivity index (χ0) is 14.1. The van der Waals surface area contributed by atoms with Crippen molar-refractivity contribution in [1.29, 1.82) is 0 Å². The van der Waals surface area contributed by atoms with Crippen LogP contribution >= 0.6 is 0 Å². The van der Waals surface area contributed by atoms with Crippen molar-refractivity contribution in [3.63, 3.8) is 0 Å². The molecule has 0 amide bonds. The maximum Gasteiger partial charge on any atom is 0.000966 e. The van der Waals surface area contributed by atoms with Gasteiger partial charge in [0.1, 0.15) is 0 Å². The maximum absolute atomic E-state index is 2.76. The van der Waals surface area contributed by atoms with E-state index in [2.05, 4.69) is 18.7 Å². The average Bonchev–Trinajstić information content (AvgIpc) is 2.44. The molecule has 19 heavy (non-hydrogen) atoms. The molecule has 2 fully saturated rings. The fraction of sp³-hybridized carbons (Fsp3) is 1.00. The van der Waals surface area contributed by atoms with E-state index in [9.17, 15) is 0 Å². The Kier molecular flexibility index (Phi) is 8.77. The highest BCUT2D eigenvalue weighted by atomic mass is 15.1. The largest absolute Gasteiger partial charge is 0.303 e. The third-order valence-corrected chi connectivity index (χ3v) is 4.75. The minimum atomic E-state index is 0.893. The first-order chi connectivity index (χ1) is 9.24. The Bertz CT molecular complexity index is 198. The molecule has 0 unspecified atom stereocenters. The SMILES string of the molecule is CC.CC(C)CC1CCN(CC2CCCCC2)CC1. The Balaban J connectivity index is 0.000000861. The van der Waals surface area contributed by atoms with Gasteiger partial charge in [0.05, 0.1) is 0 Å². The van der Waals surface area contributed by atoms with Crippen molar-refractivity contribution in [3.8, 4) is 0 Å². The second-order valence-electron chi connectivity index (χ2n) is 6.88. The fourth-order valence-electron chi connectivity index (χ4n) is 3.81. The lowest BCUT2D eigenvalue weighted by Crippen LogP contribution is -2.37. The summed E-state index contributed by atoms with van der Waals surface area (Å²) in [6.45, 7) is 12.9. The summed E-state index contributed by atoms with van der Waals surface area (Å²) in [6, 6.07) is 0. The van der Waals surface area contributed by atoms with Crippen LogP contribution in [0, 0.1) is 17.8 Å². The number of hydrogen-bond acceptors (Lipinski definition) is 1. The van der Waals surface area contributed by atoms with E-state index in [1.54, 1.807) is 0 Å². The Hall–Kier alpha value is -0.0400. The van der Waals surface area contributed by atoms with Crippen LogP contribution in [0.25, 0.3) is 0 Å². The average molecular weight is 268 g/mol. The molecule has 0 aromatic carbocycles. The van der Waals surface area contributed by atoms with Crippen LogP contribution < -0.4 is 0 Å². The molecule has 0 aromatic rings. The summed E-state index contributed by atoms with van der Waals surface area (Å²) < 4.78 is 0. The molecular weight excluding hydrogens is 230 g/mol. The number of rotatable bonds is 4. The zero-order valence-electron chi connectivity index (χ0n) is 14.0. The van der Waals surface area contributed by atoms with Gasteiger partial charge in [-0.3, -0.25) is 0 Å². The third-order valence-electron chi connectivity index (χ3n) is 4.75. The van der Waals surface area contributed by atoms with Gasteiger partial charge in [0.2, 0.25) is 0 Å². The molecule has 2 aliphatic rings. The lowest BCUT2D eigenvalue weighted by Gasteiger charge is -2.35. The lowest BCUT2D eigenvalue weighted by atomic mass is 9.86. The van der Waals surface area contributed by atoms with E-state index in [1.807, 2.05) is 13.8 Å². The molecule has 1 heterocycles. The minimum absolute atomic E-state index is 0.893. The smallest absolute Gasteiger partial charge is 0.000966 e. The van der Waals surface area contributed by atoms with E-state index in [0.717, 1.165) is 17.8 Å². The van der Waals surface area contributed by atoms with Crippen LogP contribution in [-0.4, -0.2) is 24.5 Å². The molecule has 1 saturated heterocycles.